The van der Waals surface area contributed by atoms with Crippen LogP contribution in [0.3, 0.4) is 0 Å². The Kier molecular flexibility index (Phi) is 7.63. The van der Waals surface area contributed by atoms with Gasteiger partial charge in [-0.15, -0.1) is 0 Å². The summed E-state index contributed by atoms with van der Waals surface area (Å²) in [4.78, 5) is 43.5. The van der Waals surface area contributed by atoms with E-state index in [1.165, 1.54) is 11.6 Å². The lowest BCUT2D eigenvalue weighted by Gasteiger charge is -2.39. The molecule has 0 radical (unpaired) electrons. The van der Waals surface area contributed by atoms with Crippen LogP contribution in [-0.4, -0.2) is 67.0 Å². The third-order valence-electron chi connectivity index (χ3n) is 8.71. The number of anilines is 1. The van der Waals surface area contributed by atoms with E-state index in [-0.39, 0.29) is 37.0 Å². The molecule has 0 aromatic heterocycles. The number of amides is 3. The van der Waals surface area contributed by atoms with Crippen molar-refractivity contribution in [2.75, 3.05) is 31.1 Å². The van der Waals surface area contributed by atoms with Crippen LogP contribution in [0.1, 0.15) is 45.5 Å². The summed E-state index contributed by atoms with van der Waals surface area (Å²) in [6, 6.07) is 20.2. The standard InChI is InChI=1S/C32H31BFN5O4/c33-32(11-10-29(40)36-31(32)42)39-19-25-24(30(39)41)2-1-3-28(25)43-20-22-6-4-21(5-7-22)18-37-12-14-38(15-13-37)27-9-8-23(17-35)16-26(27)34/h1-9,16H,10-15,18-20,33H2,(H,36,40,42). The van der Waals surface area contributed by atoms with Crippen molar-refractivity contribution in [2.45, 2.75) is 38.0 Å². The van der Waals surface area contributed by atoms with Crippen molar-refractivity contribution in [2.24, 2.45) is 0 Å². The summed E-state index contributed by atoms with van der Waals surface area (Å²) in [5, 5.41) is 11.3. The predicted octanol–water partition coefficient (Wildman–Crippen LogP) is 2.32. The molecule has 218 valence electrons. The fourth-order valence-electron chi connectivity index (χ4n) is 6.03. The lowest BCUT2D eigenvalue weighted by Crippen LogP contribution is -2.63. The maximum atomic E-state index is 14.4. The molecule has 3 aliphatic rings. The van der Waals surface area contributed by atoms with E-state index < -0.39 is 11.3 Å². The molecule has 1 N–H and O–H groups in total. The molecule has 3 aromatic rings. The van der Waals surface area contributed by atoms with Crippen LogP contribution in [0.25, 0.3) is 0 Å². The zero-order valence-corrected chi connectivity index (χ0v) is 23.9. The highest BCUT2D eigenvalue weighted by Crippen LogP contribution is 2.37. The van der Waals surface area contributed by atoms with Gasteiger partial charge in [0.05, 0.1) is 29.3 Å². The molecule has 9 nitrogen and oxygen atoms in total. The van der Waals surface area contributed by atoms with Crippen LogP contribution >= 0.6 is 0 Å². The lowest BCUT2D eigenvalue weighted by molar-refractivity contribution is -0.138. The highest BCUT2D eigenvalue weighted by Gasteiger charge is 2.48. The number of piperidine rings is 1. The van der Waals surface area contributed by atoms with E-state index in [2.05, 4.69) is 22.3 Å². The minimum Gasteiger partial charge on any atom is -0.489 e. The Labute approximate surface area is 250 Å². The zero-order valence-electron chi connectivity index (χ0n) is 23.9. The number of rotatable bonds is 7. The summed E-state index contributed by atoms with van der Waals surface area (Å²) in [6.07, 6.45) is 0.474. The van der Waals surface area contributed by atoms with E-state index >= 15 is 0 Å². The molecule has 0 saturated carbocycles. The molecule has 0 bridgehead atoms. The second-order valence-electron chi connectivity index (χ2n) is 11.5. The van der Waals surface area contributed by atoms with Gasteiger partial charge in [0, 0.05) is 50.3 Å². The quantitative estimate of drug-likeness (QED) is 0.339. The fraction of sp³-hybridized carbons (Fsp3) is 0.312. The summed E-state index contributed by atoms with van der Waals surface area (Å²) >= 11 is 0. The van der Waals surface area contributed by atoms with Crippen LogP contribution in [0.2, 0.25) is 0 Å². The Balaban J connectivity index is 1.04. The van der Waals surface area contributed by atoms with Crippen molar-refractivity contribution in [3.8, 4) is 11.8 Å². The number of nitrogens with one attached hydrogen (secondary N) is 1. The summed E-state index contributed by atoms with van der Waals surface area (Å²) < 4.78 is 20.6. The summed E-state index contributed by atoms with van der Waals surface area (Å²) in [6.45, 7) is 4.37. The second-order valence-corrected chi connectivity index (χ2v) is 11.5. The third-order valence-corrected chi connectivity index (χ3v) is 8.71. The van der Waals surface area contributed by atoms with E-state index in [0.717, 1.165) is 30.8 Å². The number of hydrogen-bond acceptors (Lipinski definition) is 7. The number of fused-ring (bicyclic) bond motifs is 1. The van der Waals surface area contributed by atoms with Crippen molar-refractivity contribution in [3.05, 3.63) is 94.3 Å². The molecule has 2 fully saturated rings. The third kappa shape index (κ3) is 5.58. The number of nitrogens with zero attached hydrogens (tertiary/aromatic N) is 4. The molecule has 3 heterocycles. The van der Waals surface area contributed by atoms with E-state index in [1.54, 1.807) is 37.0 Å². The monoisotopic (exact) mass is 579 g/mol. The number of ether oxygens (including phenoxy) is 1. The van der Waals surface area contributed by atoms with Crippen LogP contribution in [0.4, 0.5) is 10.1 Å². The first kappa shape index (κ1) is 28.4. The fourth-order valence-corrected chi connectivity index (χ4v) is 6.03. The molecule has 1 atom stereocenters. The number of imide groups is 1. The Morgan fingerprint density at radius 3 is 2.44 bits per heavy atom. The van der Waals surface area contributed by atoms with Gasteiger partial charge in [-0.3, -0.25) is 24.6 Å². The van der Waals surface area contributed by atoms with Crippen molar-refractivity contribution in [1.82, 2.24) is 15.1 Å². The largest absolute Gasteiger partial charge is 0.489 e. The molecule has 3 amide bonds. The minimum atomic E-state index is -1.09. The summed E-state index contributed by atoms with van der Waals surface area (Å²) in [7, 11) is 1.70. The van der Waals surface area contributed by atoms with Crippen molar-refractivity contribution in [3.63, 3.8) is 0 Å². The molecule has 3 aromatic carbocycles. The highest BCUT2D eigenvalue weighted by atomic mass is 19.1. The highest BCUT2D eigenvalue weighted by molar-refractivity contribution is 6.32. The molecule has 1 unspecified atom stereocenters. The van der Waals surface area contributed by atoms with Gasteiger partial charge in [0.2, 0.25) is 11.8 Å². The van der Waals surface area contributed by atoms with Crippen LogP contribution < -0.4 is 15.0 Å². The zero-order chi connectivity index (χ0) is 30.1. The van der Waals surface area contributed by atoms with E-state index in [9.17, 15) is 18.8 Å². The van der Waals surface area contributed by atoms with Gasteiger partial charge in [-0.25, -0.2) is 4.39 Å². The van der Waals surface area contributed by atoms with Gasteiger partial charge < -0.3 is 14.5 Å². The van der Waals surface area contributed by atoms with E-state index in [4.69, 9.17) is 10.00 Å². The summed E-state index contributed by atoms with van der Waals surface area (Å²) in [5.41, 5.74) is 3.18. The first-order valence-electron chi connectivity index (χ1n) is 14.4. The number of carbonyl (C=O) groups excluding carboxylic acids is 3. The second kappa shape index (κ2) is 11.5. The Morgan fingerprint density at radius 1 is 1.00 bits per heavy atom. The number of benzene rings is 3. The summed E-state index contributed by atoms with van der Waals surface area (Å²) in [5.74, 6) is -0.766. The number of nitriles is 1. The van der Waals surface area contributed by atoms with Crippen LogP contribution in [0.5, 0.6) is 5.75 Å². The lowest BCUT2D eigenvalue weighted by atomic mass is 9.70. The van der Waals surface area contributed by atoms with Crippen LogP contribution in [0, 0.1) is 17.1 Å². The van der Waals surface area contributed by atoms with Gasteiger partial charge in [-0.05, 0) is 47.9 Å². The first-order valence-corrected chi connectivity index (χ1v) is 14.4. The smallest absolute Gasteiger partial charge is 0.254 e. The molecule has 0 aliphatic carbocycles. The number of hydrogen-bond donors (Lipinski definition) is 1. The molecule has 6 rings (SSSR count). The number of piperazine rings is 1. The predicted molar refractivity (Wildman–Crippen MR) is 159 cm³/mol. The molecule has 3 aliphatic heterocycles. The molecule has 11 heteroatoms. The van der Waals surface area contributed by atoms with Gasteiger partial charge in [0.15, 0.2) is 0 Å². The Bertz CT molecular complexity index is 1630. The topological polar surface area (TPSA) is 106 Å². The average Bonchev–Trinajstić information content (AvgIpc) is 3.36. The van der Waals surface area contributed by atoms with Crippen LogP contribution in [0.15, 0.2) is 60.7 Å². The molecule has 0 spiro atoms. The van der Waals surface area contributed by atoms with Gasteiger partial charge in [-0.1, -0.05) is 30.3 Å². The number of halogens is 1. The molecule has 2 saturated heterocycles. The Morgan fingerprint density at radius 2 is 1.74 bits per heavy atom. The number of carbonyl (C=O) groups is 3. The van der Waals surface area contributed by atoms with Crippen molar-refractivity contribution >= 4 is 31.3 Å². The average molecular weight is 579 g/mol. The van der Waals surface area contributed by atoms with E-state index in [1.807, 2.05) is 29.2 Å². The van der Waals surface area contributed by atoms with Gasteiger partial charge >= 0.3 is 0 Å². The SMILES string of the molecule is BC1(N2Cc3c(OCc4ccc(CN5CCN(c6ccc(C#N)cc6F)CC5)cc4)cccc3C2=O)CCC(=O)NC1=O. The maximum absolute atomic E-state index is 14.4. The van der Waals surface area contributed by atoms with Gasteiger partial charge in [0.25, 0.3) is 5.91 Å². The van der Waals surface area contributed by atoms with Crippen LogP contribution in [-0.2, 0) is 29.3 Å². The first-order chi connectivity index (χ1) is 20.7. The normalized spacial score (nSPS) is 20.5. The molecular formula is C32H31BFN5O4. The maximum Gasteiger partial charge on any atom is 0.254 e. The van der Waals surface area contributed by atoms with E-state index in [0.29, 0.717) is 42.3 Å². The van der Waals surface area contributed by atoms with Crippen molar-refractivity contribution in [1.29, 1.82) is 5.26 Å². The van der Waals surface area contributed by atoms with Crippen molar-refractivity contribution < 1.29 is 23.5 Å². The molecular weight excluding hydrogens is 548 g/mol. The van der Waals surface area contributed by atoms with Gasteiger partial charge in [-0.2, -0.15) is 5.26 Å². The van der Waals surface area contributed by atoms with Gasteiger partial charge in [0.1, 0.15) is 26.0 Å². The Hall–Kier alpha value is -4.69. The minimum absolute atomic E-state index is 0.191. The molecule has 43 heavy (non-hydrogen) atoms.